The number of rotatable bonds is 13. The number of esters is 2. The Morgan fingerprint density at radius 2 is 1.16 bits per heavy atom. The molecule has 0 saturated carbocycles. The number of carbonyl (C=O) groups excluding carboxylic acids is 2. The standard InChI is InChI=1S/C21H32O4/c1-3-5-6-7-8-9-10-13-17-25-21(23)19-15-12-11-14-18(19)20(22)24-16-4-2/h11-12,14-15H,3-10,13,16-17H2,1-2H3. The van der Waals surface area contributed by atoms with Crippen molar-refractivity contribution in [2.75, 3.05) is 13.2 Å². The van der Waals surface area contributed by atoms with Crippen LogP contribution in [0.3, 0.4) is 0 Å². The highest BCUT2D eigenvalue weighted by Crippen LogP contribution is 2.13. The van der Waals surface area contributed by atoms with Crippen molar-refractivity contribution >= 4 is 11.9 Å². The van der Waals surface area contributed by atoms with E-state index in [-0.39, 0.29) is 11.1 Å². The van der Waals surface area contributed by atoms with Crippen LogP contribution in [0.25, 0.3) is 0 Å². The van der Waals surface area contributed by atoms with Crippen molar-refractivity contribution in [1.29, 1.82) is 0 Å². The van der Waals surface area contributed by atoms with Crippen LogP contribution in [0.5, 0.6) is 0 Å². The van der Waals surface area contributed by atoms with Gasteiger partial charge in [-0.3, -0.25) is 0 Å². The molecule has 4 nitrogen and oxygen atoms in total. The first kappa shape index (κ1) is 21.2. The first-order valence-electron chi connectivity index (χ1n) is 9.64. The van der Waals surface area contributed by atoms with E-state index < -0.39 is 11.9 Å². The number of carbonyl (C=O) groups is 2. The van der Waals surface area contributed by atoms with E-state index in [1.54, 1.807) is 24.3 Å². The Hall–Kier alpha value is -1.84. The number of ether oxygens (including phenoxy) is 2. The van der Waals surface area contributed by atoms with Crippen LogP contribution >= 0.6 is 0 Å². The molecule has 0 aromatic heterocycles. The predicted octanol–water partition coefficient (Wildman–Crippen LogP) is 5.55. The zero-order valence-electron chi connectivity index (χ0n) is 15.7. The molecule has 25 heavy (non-hydrogen) atoms. The van der Waals surface area contributed by atoms with E-state index in [9.17, 15) is 9.59 Å². The number of unbranched alkanes of at least 4 members (excludes halogenated alkanes) is 7. The van der Waals surface area contributed by atoms with Gasteiger partial charge in [-0.15, -0.1) is 0 Å². The normalized spacial score (nSPS) is 10.5. The zero-order valence-corrected chi connectivity index (χ0v) is 15.7. The lowest BCUT2D eigenvalue weighted by Gasteiger charge is -2.09. The van der Waals surface area contributed by atoms with Gasteiger partial charge >= 0.3 is 11.9 Å². The zero-order chi connectivity index (χ0) is 18.3. The fourth-order valence-corrected chi connectivity index (χ4v) is 2.59. The molecule has 1 aromatic rings. The van der Waals surface area contributed by atoms with Gasteiger partial charge in [-0.25, -0.2) is 9.59 Å². The molecule has 0 aliphatic heterocycles. The summed E-state index contributed by atoms with van der Waals surface area (Å²) in [5, 5.41) is 0. The van der Waals surface area contributed by atoms with Crippen LogP contribution in [0.1, 0.15) is 92.4 Å². The molecule has 0 fully saturated rings. The van der Waals surface area contributed by atoms with Crippen molar-refractivity contribution in [1.82, 2.24) is 0 Å². The Kier molecular flexibility index (Phi) is 11.4. The summed E-state index contributed by atoms with van der Waals surface area (Å²) >= 11 is 0. The van der Waals surface area contributed by atoms with Gasteiger partial charge in [0.05, 0.1) is 24.3 Å². The molecule has 140 valence electrons. The first-order valence-corrected chi connectivity index (χ1v) is 9.64. The van der Waals surface area contributed by atoms with Gasteiger partial charge in [-0.1, -0.05) is 70.9 Å². The number of hydrogen-bond acceptors (Lipinski definition) is 4. The predicted molar refractivity (Wildman–Crippen MR) is 99.9 cm³/mol. The largest absolute Gasteiger partial charge is 0.462 e. The van der Waals surface area contributed by atoms with Crippen LogP contribution in [0, 0.1) is 0 Å². The lowest BCUT2D eigenvalue weighted by molar-refractivity contribution is 0.0454. The molecule has 0 saturated heterocycles. The third-order valence-corrected chi connectivity index (χ3v) is 4.04. The summed E-state index contributed by atoms with van der Waals surface area (Å²) < 4.78 is 10.4. The third kappa shape index (κ3) is 8.71. The molecule has 1 rings (SSSR count). The molecule has 0 aliphatic rings. The minimum absolute atomic E-state index is 0.275. The Morgan fingerprint density at radius 1 is 0.680 bits per heavy atom. The van der Waals surface area contributed by atoms with E-state index in [1.807, 2.05) is 6.92 Å². The van der Waals surface area contributed by atoms with Gasteiger partial charge in [0.2, 0.25) is 0 Å². The van der Waals surface area contributed by atoms with E-state index in [0.717, 1.165) is 19.3 Å². The van der Waals surface area contributed by atoms with Gasteiger partial charge in [-0.2, -0.15) is 0 Å². The van der Waals surface area contributed by atoms with Crippen molar-refractivity contribution in [2.45, 2.75) is 71.6 Å². The first-order chi connectivity index (χ1) is 12.2. The average molecular weight is 348 g/mol. The molecule has 0 bridgehead atoms. The molecule has 0 aliphatic carbocycles. The highest BCUT2D eigenvalue weighted by Gasteiger charge is 2.18. The fraction of sp³-hybridized carbons (Fsp3) is 0.619. The van der Waals surface area contributed by atoms with Crippen LogP contribution in [-0.2, 0) is 9.47 Å². The van der Waals surface area contributed by atoms with Crippen molar-refractivity contribution in [3.8, 4) is 0 Å². The van der Waals surface area contributed by atoms with E-state index in [0.29, 0.717) is 13.2 Å². The van der Waals surface area contributed by atoms with Crippen LogP contribution in [0.2, 0.25) is 0 Å². The molecule has 0 N–H and O–H groups in total. The van der Waals surface area contributed by atoms with Gasteiger partial charge < -0.3 is 9.47 Å². The monoisotopic (exact) mass is 348 g/mol. The minimum atomic E-state index is -0.471. The van der Waals surface area contributed by atoms with E-state index in [2.05, 4.69) is 6.92 Å². The lowest BCUT2D eigenvalue weighted by Crippen LogP contribution is -2.14. The Labute approximate surface area is 151 Å². The molecule has 4 heteroatoms. The SMILES string of the molecule is CCCCCCCCCCOC(=O)c1ccccc1C(=O)OCCC. The fourth-order valence-electron chi connectivity index (χ4n) is 2.59. The maximum absolute atomic E-state index is 12.2. The molecular weight excluding hydrogens is 316 g/mol. The van der Waals surface area contributed by atoms with Gasteiger partial charge in [0.1, 0.15) is 0 Å². The van der Waals surface area contributed by atoms with Gasteiger partial charge in [0, 0.05) is 0 Å². The smallest absolute Gasteiger partial charge is 0.339 e. The molecule has 0 heterocycles. The molecule has 0 atom stereocenters. The highest BCUT2D eigenvalue weighted by molar-refractivity contribution is 6.03. The van der Waals surface area contributed by atoms with E-state index >= 15 is 0 Å². The van der Waals surface area contributed by atoms with Crippen molar-refractivity contribution in [3.63, 3.8) is 0 Å². The second-order valence-corrected chi connectivity index (χ2v) is 6.29. The number of hydrogen-bond donors (Lipinski definition) is 0. The van der Waals surface area contributed by atoms with Crippen molar-refractivity contribution in [2.24, 2.45) is 0 Å². The molecule has 0 unspecified atom stereocenters. The van der Waals surface area contributed by atoms with Gasteiger partial charge in [-0.05, 0) is 25.0 Å². The maximum Gasteiger partial charge on any atom is 0.339 e. The van der Waals surface area contributed by atoms with Crippen LogP contribution in [0.15, 0.2) is 24.3 Å². The van der Waals surface area contributed by atoms with Crippen molar-refractivity contribution in [3.05, 3.63) is 35.4 Å². The number of benzene rings is 1. The summed E-state index contributed by atoms with van der Waals surface area (Å²) in [5.74, 6) is -0.923. The minimum Gasteiger partial charge on any atom is -0.462 e. The van der Waals surface area contributed by atoms with Crippen LogP contribution in [-0.4, -0.2) is 25.2 Å². The second kappa shape index (κ2) is 13.5. The summed E-state index contributed by atoms with van der Waals surface area (Å²) in [7, 11) is 0. The molecule has 0 radical (unpaired) electrons. The third-order valence-electron chi connectivity index (χ3n) is 4.04. The summed E-state index contributed by atoms with van der Waals surface area (Å²) in [5.41, 5.74) is 0.556. The summed E-state index contributed by atoms with van der Waals surface area (Å²) in [6, 6.07) is 6.66. The molecular formula is C21H32O4. The van der Waals surface area contributed by atoms with Crippen LogP contribution in [0.4, 0.5) is 0 Å². The van der Waals surface area contributed by atoms with E-state index in [4.69, 9.17) is 9.47 Å². The van der Waals surface area contributed by atoms with Crippen molar-refractivity contribution < 1.29 is 19.1 Å². The second-order valence-electron chi connectivity index (χ2n) is 6.29. The lowest BCUT2D eigenvalue weighted by atomic mass is 10.1. The summed E-state index contributed by atoms with van der Waals surface area (Å²) in [4.78, 5) is 24.2. The Balaban J connectivity index is 2.32. The maximum atomic E-state index is 12.2. The highest BCUT2D eigenvalue weighted by atomic mass is 16.5. The van der Waals surface area contributed by atoms with Crippen LogP contribution < -0.4 is 0 Å². The molecule has 0 spiro atoms. The van der Waals surface area contributed by atoms with E-state index in [1.165, 1.54) is 38.5 Å². The average Bonchev–Trinajstić information content (AvgIpc) is 2.64. The quantitative estimate of drug-likeness (QED) is 0.346. The summed E-state index contributed by atoms with van der Waals surface area (Å²) in [6.07, 6.45) is 10.3. The Morgan fingerprint density at radius 3 is 1.68 bits per heavy atom. The molecule has 0 amide bonds. The molecule has 1 aromatic carbocycles. The Bertz CT molecular complexity index is 510. The van der Waals surface area contributed by atoms with Gasteiger partial charge in [0.15, 0.2) is 0 Å². The topological polar surface area (TPSA) is 52.6 Å². The van der Waals surface area contributed by atoms with Gasteiger partial charge in [0.25, 0.3) is 0 Å². The summed E-state index contributed by atoms with van der Waals surface area (Å²) in [6.45, 7) is 4.89.